The van der Waals surface area contributed by atoms with E-state index in [2.05, 4.69) is 10.6 Å². The lowest BCUT2D eigenvalue weighted by Crippen LogP contribution is -2.17. The summed E-state index contributed by atoms with van der Waals surface area (Å²) in [5.74, 6) is 1.06. The van der Waals surface area contributed by atoms with Gasteiger partial charge in [0.05, 0.1) is 12.1 Å². The number of rotatable bonds is 9. The van der Waals surface area contributed by atoms with Crippen LogP contribution in [0, 0.1) is 5.92 Å². The van der Waals surface area contributed by atoms with Crippen molar-refractivity contribution in [1.29, 1.82) is 0 Å². The smallest absolute Gasteiger partial charge is 0.226 e. The fraction of sp³-hybridized carbons (Fsp3) is 0.240. The topological polar surface area (TPSA) is 59.6 Å². The SMILES string of the molecule is COc1cc(CNc2ccc(NC(=O)C(C)C)cc2)cc(Cl)c1OCc1ccccc1. The van der Waals surface area contributed by atoms with Gasteiger partial charge < -0.3 is 20.1 Å². The van der Waals surface area contributed by atoms with Crippen LogP contribution in [0.15, 0.2) is 66.7 Å². The molecule has 0 bridgehead atoms. The number of carbonyl (C=O) groups excluding carboxylic acids is 1. The van der Waals surface area contributed by atoms with Gasteiger partial charge in [-0.2, -0.15) is 0 Å². The zero-order valence-corrected chi connectivity index (χ0v) is 18.7. The van der Waals surface area contributed by atoms with Gasteiger partial charge in [0.2, 0.25) is 5.91 Å². The molecular formula is C25H27ClN2O3. The van der Waals surface area contributed by atoms with Crippen molar-refractivity contribution in [3.8, 4) is 11.5 Å². The van der Waals surface area contributed by atoms with Gasteiger partial charge in [-0.1, -0.05) is 55.8 Å². The summed E-state index contributed by atoms with van der Waals surface area (Å²) in [5.41, 5.74) is 3.72. The number of nitrogens with one attached hydrogen (secondary N) is 2. The van der Waals surface area contributed by atoms with Crippen molar-refractivity contribution < 1.29 is 14.3 Å². The van der Waals surface area contributed by atoms with Gasteiger partial charge in [0.1, 0.15) is 6.61 Å². The normalized spacial score (nSPS) is 10.6. The highest BCUT2D eigenvalue weighted by Crippen LogP contribution is 2.37. The zero-order valence-electron chi connectivity index (χ0n) is 17.9. The molecule has 162 valence electrons. The van der Waals surface area contributed by atoms with E-state index in [1.54, 1.807) is 7.11 Å². The van der Waals surface area contributed by atoms with E-state index in [4.69, 9.17) is 21.1 Å². The molecule has 0 heterocycles. The Bertz CT molecular complexity index is 1010. The fourth-order valence-corrected chi connectivity index (χ4v) is 3.20. The van der Waals surface area contributed by atoms with Gasteiger partial charge in [0.15, 0.2) is 11.5 Å². The summed E-state index contributed by atoms with van der Waals surface area (Å²) >= 11 is 6.48. The number of hydrogen-bond acceptors (Lipinski definition) is 4. The molecule has 5 nitrogen and oxygen atoms in total. The number of carbonyl (C=O) groups is 1. The molecule has 0 aromatic heterocycles. The number of amides is 1. The molecule has 31 heavy (non-hydrogen) atoms. The summed E-state index contributed by atoms with van der Waals surface area (Å²) in [4.78, 5) is 11.8. The van der Waals surface area contributed by atoms with E-state index in [-0.39, 0.29) is 11.8 Å². The van der Waals surface area contributed by atoms with Crippen molar-refractivity contribution in [2.75, 3.05) is 17.7 Å². The van der Waals surface area contributed by atoms with E-state index in [1.807, 2.05) is 80.6 Å². The Morgan fingerprint density at radius 3 is 2.29 bits per heavy atom. The predicted molar refractivity (Wildman–Crippen MR) is 126 cm³/mol. The Morgan fingerprint density at radius 2 is 1.65 bits per heavy atom. The maximum absolute atomic E-state index is 11.8. The third kappa shape index (κ3) is 6.40. The number of anilines is 2. The zero-order chi connectivity index (χ0) is 22.2. The molecule has 0 aliphatic rings. The predicted octanol–water partition coefficient (Wildman–Crippen LogP) is 6.13. The Balaban J connectivity index is 1.63. The van der Waals surface area contributed by atoms with Crippen LogP contribution >= 0.6 is 11.6 Å². The largest absolute Gasteiger partial charge is 0.493 e. The highest BCUT2D eigenvalue weighted by atomic mass is 35.5. The Kier molecular flexibility index (Phi) is 7.79. The molecule has 0 saturated heterocycles. The van der Waals surface area contributed by atoms with Gasteiger partial charge in [0.25, 0.3) is 0 Å². The van der Waals surface area contributed by atoms with E-state index < -0.39 is 0 Å². The van der Waals surface area contributed by atoms with Crippen molar-refractivity contribution in [1.82, 2.24) is 0 Å². The lowest BCUT2D eigenvalue weighted by Gasteiger charge is -2.15. The van der Waals surface area contributed by atoms with Crippen LogP contribution in [0.3, 0.4) is 0 Å². The first-order valence-corrected chi connectivity index (χ1v) is 10.5. The quantitative estimate of drug-likeness (QED) is 0.421. The summed E-state index contributed by atoms with van der Waals surface area (Å²) in [7, 11) is 1.60. The van der Waals surface area contributed by atoms with E-state index in [9.17, 15) is 4.79 Å². The number of benzene rings is 3. The molecule has 0 aliphatic heterocycles. The standard InChI is InChI=1S/C25H27ClN2O3/c1-17(2)25(29)28-21-11-9-20(10-12-21)27-15-19-13-22(26)24(23(14-19)30-3)31-16-18-7-5-4-6-8-18/h4-14,17,27H,15-16H2,1-3H3,(H,28,29). The molecule has 0 atom stereocenters. The van der Waals surface area contributed by atoms with Crippen molar-refractivity contribution in [3.05, 3.63) is 82.9 Å². The molecule has 6 heteroatoms. The highest BCUT2D eigenvalue weighted by molar-refractivity contribution is 6.32. The van der Waals surface area contributed by atoms with Gasteiger partial charge in [-0.15, -0.1) is 0 Å². The molecule has 0 aliphatic carbocycles. The van der Waals surface area contributed by atoms with E-state index in [0.29, 0.717) is 29.7 Å². The molecule has 0 spiro atoms. The first-order valence-electron chi connectivity index (χ1n) is 10.1. The second-order valence-corrected chi connectivity index (χ2v) is 7.87. The van der Waals surface area contributed by atoms with Gasteiger partial charge >= 0.3 is 0 Å². The van der Waals surface area contributed by atoms with Crippen LogP contribution in [0.1, 0.15) is 25.0 Å². The van der Waals surface area contributed by atoms with Gasteiger partial charge in [-0.3, -0.25) is 4.79 Å². The van der Waals surface area contributed by atoms with Crippen LogP contribution in [0.5, 0.6) is 11.5 Å². The molecule has 3 rings (SSSR count). The maximum Gasteiger partial charge on any atom is 0.226 e. The molecule has 0 saturated carbocycles. The van der Waals surface area contributed by atoms with Crippen molar-refractivity contribution in [3.63, 3.8) is 0 Å². The second-order valence-electron chi connectivity index (χ2n) is 7.46. The molecule has 3 aromatic carbocycles. The molecule has 0 radical (unpaired) electrons. The van der Waals surface area contributed by atoms with Crippen LogP contribution in [-0.2, 0) is 17.9 Å². The summed E-state index contributed by atoms with van der Waals surface area (Å²) in [6.45, 7) is 4.70. The van der Waals surface area contributed by atoms with Crippen LogP contribution in [0.25, 0.3) is 0 Å². The van der Waals surface area contributed by atoms with Gasteiger partial charge in [0, 0.05) is 23.8 Å². The minimum atomic E-state index is -0.0582. The fourth-order valence-electron chi connectivity index (χ4n) is 2.91. The molecule has 0 fully saturated rings. The van der Waals surface area contributed by atoms with E-state index >= 15 is 0 Å². The molecule has 3 aromatic rings. The minimum absolute atomic E-state index is 0.00276. The van der Waals surface area contributed by atoms with Crippen LogP contribution in [-0.4, -0.2) is 13.0 Å². The lowest BCUT2D eigenvalue weighted by atomic mass is 10.1. The summed E-state index contributed by atoms with van der Waals surface area (Å²) in [6.07, 6.45) is 0. The average Bonchev–Trinajstić information content (AvgIpc) is 2.78. The second kappa shape index (κ2) is 10.7. The highest BCUT2D eigenvalue weighted by Gasteiger charge is 2.13. The Morgan fingerprint density at radius 1 is 0.968 bits per heavy atom. The summed E-state index contributed by atoms with van der Waals surface area (Å²) in [5, 5.41) is 6.73. The first-order chi connectivity index (χ1) is 15.0. The Labute approximate surface area is 188 Å². The Hall–Kier alpha value is -3.18. The first kappa shape index (κ1) is 22.5. The number of ether oxygens (including phenoxy) is 2. The van der Waals surface area contributed by atoms with Crippen molar-refractivity contribution >= 4 is 28.9 Å². The van der Waals surface area contributed by atoms with Crippen molar-refractivity contribution in [2.45, 2.75) is 27.0 Å². The number of hydrogen-bond donors (Lipinski definition) is 2. The van der Waals surface area contributed by atoms with Crippen LogP contribution in [0.4, 0.5) is 11.4 Å². The molecular weight excluding hydrogens is 412 g/mol. The molecule has 0 unspecified atom stereocenters. The number of halogens is 1. The molecule has 1 amide bonds. The average molecular weight is 439 g/mol. The van der Waals surface area contributed by atoms with E-state index in [0.717, 1.165) is 22.5 Å². The lowest BCUT2D eigenvalue weighted by molar-refractivity contribution is -0.118. The van der Waals surface area contributed by atoms with Crippen molar-refractivity contribution in [2.24, 2.45) is 5.92 Å². The van der Waals surface area contributed by atoms with Crippen LogP contribution < -0.4 is 20.1 Å². The maximum atomic E-state index is 11.8. The third-order valence-corrected chi connectivity index (χ3v) is 4.97. The third-order valence-electron chi connectivity index (χ3n) is 4.69. The monoisotopic (exact) mass is 438 g/mol. The molecule has 2 N–H and O–H groups in total. The number of methoxy groups -OCH3 is 1. The van der Waals surface area contributed by atoms with Crippen LogP contribution in [0.2, 0.25) is 5.02 Å². The van der Waals surface area contributed by atoms with Gasteiger partial charge in [-0.25, -0.2) is 0 Å². The summed E-state index contributed by atoms with van der Waals surface area (Å²) < 4.78 is 11.4. The van der Waals surface area contributed by atoms with E-state index in [1.165, 1.54) is 0 Å². The minimum Gasteiger partial charge on any atom is -0.493 e. The van der Waals surface area contributed by atoms with Gasteiger partial charge in [-0.05, 0) is 47.5 Å². The summed E-state index contributed by atoms with van der Waals surface area (Å²) in [6, 6.07) is 21.3.